The first-order chi connectivity index (χ1) is 8.56. The lowest BCUT2D eigenvalue weighted by molar-refractivity contribution is -0.121. The Balaban J connectivity index is 2.54. The smallest absolute Gasteiger partial charge is 0.251 e. The third-order valence-electron chi connectivity index (χ3n) is 3.06. The molecule has 0 radical (unpaired) electrons. The summed E-state index contributed by atoms with van der Waals surface area (Å²) >= 11 is 0. The highest BCUT2D eigenvalue weighted by Gasteiger charge is 2.08. The number of hydrogen-bond acceptors (Lipinski definition) is 3. The number of nitrogens with zero attached hydrogens (tertiary/aromatic N) is 1. The first-order valence-corrected chi connectivity index (χ1v) is 6.29. The minimum absolute atomic E-state index is 0.0179. The summed E-state index contributed by atoms with van der Waals surface area (Å²) in [5, 5.41) is 2.84. The Kier molecular flexibility index (Phi) is 5.42. The SMILES string of the molecule is CCC(CC)CNC(=O)Cn1cc(N)ccc1=O. The van der Waals surface area contributed by atoms with Crippen molar-refractivity contribution < 1.29 is 4.79 Å². The molecule has 0 atom stereocenters. The van der Waals surface area contributed by atoms with E-state index in [1.54, 1.807) is 0 Å². The van der Waals surface area contributed by atoms with E-state index in [0.717, 1.165) is 12.8 Å². The summed E-state index contributed by atoms with van der Waals surface area (Å²) in [5.74, 6) is 0.334. The number of amides is 1. The van der Waals surface area contributed by atoms with E-state index in [0.29, 0.717) is 18.2 Å². The molecule has 0 aliphatic carbocycles. The van der Waals surface area contributed by atoms with E-state index < -0.39 is 0 Å². The number of pyridine rings is 1. The molecule has 0 saturated heterocycles. The monoisotopic (exact) mass is 251 g/mol. The van der Waals surface area contributed by atoms with Crippen LogP contribution in [0.2, 0.25) is 0 Å². The third kappa shape index (κ3) is 4.24. The minimum Gasteiger partial charge on any atom is -0.398 e. The van der Waals surface area contributed by atoms with Crippen molar-refractivity contribution in [2.75, 3.05) is 12.3 Å². The lowest BCUT2D eigenvalue weighted by Gasteiger charge is -2.13. The molecule has 0 bridgehead atoms. The highest BCUT2D eigenvalue weighted by Crippen LogP contribution is 2.05. The third-order valence-corrected chi connectivity index (χ3v) is 3.06. The zero-order valence-electron chi connectivity index (χ0n) is 11.0. The van der Waals surface area contributed by atoms with Crippen molar-refractivity contribution in [3.05, 3.63) is 28.7 Å². The summed E-state index contributed by atoms with van der Waals surface area (Å²) in [6.45, 7) is 4.87. The highest BCUT2D eigenvalue weighted by atomic mass is 16.2. The number of nitrogens with two attached hydrogens (primary N) is 1. The van der Waals surface area contributed by atoms with Gasteiger partial charge in [0.1, 0.15) is 6.54 Å². The largest absolute Gasteiger partial charge is 0.398 e. The van der Waals surface area contributed by atoms with Crippen LogP contribution in [0.25, 0.3) is 0 Å². The molecule has 0 aromatic carbocycles. The molecule has 0 spiro atoms. The summed E-state index contributed by atoms with van der Waals surface area (Å²) in [5.41, 5.74) is 5.83. The molecule has 0 aliphatic rings. The zero-order chi connectivity index (χ0) is 13.5. The number of nitrogens with one attached hydrogen (secondary N) is 1. The van der Waals surface area contributed by atoms with Crippen molar-refractivity contribution in [3.63, 3.8) is 0 Å². The highest BCUT2D eigenvalue weighted by molar-refractivity contribution is 5.75. The summed E-state index contributed by atoms with van der Waals surface area (Å²) in [4.78, 5) is 23.2. The van der Waals surface area contributed by atoms with Crippen molar-refractivity contribution >= 4 is 11.6 Å². The number of nitrogen functional groups attached to an aromatic ring is 1. The van der Waals surface area contributed by atoms with Crippen LogP contribution in [0, 0.1) is 5.92 Å². The van der Waals surface area contributed by atoms with Gasteiger partial charge in [0.25, 0.3) is 5.56 Å². The van der Waals surface area contributed by atoms with Gasteiger partial charge in [0.05, 0.1) is 0 Å². The number of aromatic nitrogens is 1. The van der Waals surface area contributed by atoms with Gasteiger partial charge in [0, 0.05) is 24.5 Å². The van der Waals surface area contributed by atoms with Crippen molar-refractivity contribution in [1.29, 1.82) is 0 Å². The fourth-order valence-electron chi connectivity index (χ4n) is 1.72. The van der Waals surface area contributed by atoms with E-state index >= 15 is 0 Å². The average molecular weight is 251 g/mol. The van der Waals surface area contributed by atoms with E-state index in [9.17, 15) is 9.59 Å². The molecule has 5 heteroatoms. The predicted octanol–water partition coefficient (Wildman–Crippen LogP) is 0.983. The molecule has 1 amide bonds. The van der Waals surface area contributed by atoms with Gasteiger partial charge in [-0.2, -0.15) is 0 Å². The Hall–Kier alpha value is -1.78. The second-order valence-electron chi connectivity index (χ2n) is 4.42. The van der Waals surface area contributed by atoms with Gasteiger partial charge in [-0.3, -0.25) is 9.59 Å². The Labute approximate surface area is 107 Å². The van der Waals surface area contributed by atoms with Gasteiger partial charge in [-0.25, -0.2) is 0 Å². The van der Waals surface area contributed by atoms with Crippen molar-refractivity contribution in [3.8, 4) is 0 Å². The van der Waals surface area contributed by atoms with Crippen LogP contribution in [0.15, 0.2) is 23.1 Å². The van der Waals surface area contributed by atoms with E-state index in [2.05, 4.69) is 19.2 Å². The minimum atomic E-state index is -0.220. The maximum Gasteiger partial charge on any atom is 0.251 e. The van der Waals surface area contributed by atoms with Crippen LogP contribution in [-0.4, -0.2) is 17.0 Å². The fourth-order valence-corrected chi connectivity index (χ4v) is 1.72. The van der Waals surface area contributed by atoms with Crippen LogP contribution in [0.4, 0.5) is 5.69 Å². The second-order valence-corrected chi connectivity index (χ2v) is 4.42. The molecule has 18 heavy (non-hydrogen) atoms. The quantitative estimate of drug-likeness (QED) is 0.791. The van der Waals surface area contributed by atoms with Gasteiger partial charge < -0.3 is 15.6 Å². The molecule has 1 heterocycles. The maximum atomic E-state index is 11.7. The Morgan fingerprint density at radius 1 is 1.39 bits per heavy atom. The number of rotatable bonds is 6. The van der Waals surface area contributed by atoms with Crippen LogP contribution in [-0.2, 0) is 11.3 Å². The van der Waals surface area contributed by atoms with E-state index in [1.165, 1.54) is 22.9 Å². The number of carbonyl (C=O) groups excluding carboxylic acids is 1. The molecule has 0 aliphatic heterocycles. The number of anilines is 1. The van der Waals surface area contributed by atoms with Crippen molar-refractivity contribution in [2.45, 2.75) is 33.2 Å². The van der Waals surface area contributed by atoms with Gasteiger partial charge in [-0.1, -0.05) is 26.7 Å². The van der Waals surface area contributed by atoms with Gasteiger partial charge in [-0.15, -0.1) is 0 Å². The Morgan fingerprint density at radius 2 is 2.06 bits per heavy atom. The molecule has 100 valence electrons. The molecule has 0 fully saturated rings. The molecular weight excluding hydrogens is 230 g/mol. The summed E-state index contributed by atoms with van der Waals surface area (Å²) in [6, 6.07) is 2.89. The predicted molar refractivity (Wildman–Crippen MR) is 72.2 cm³/mol. The molecule has 1 rings (SSSR count). The van der Waals surface area contributed by atoms with Gasteiger partial charge in [0.2, 0.25) is 5.91 Å². The van der Waals surface area contributed by atoms with Crippen LogP contribution < -0.4 is 16.6 Å². The molecule has 5 nitrogen and oxygen atoms in total. The summed E-state index contributed by atoms with van der Waals surface area (Å²) in [6.07, 6.45) is 3.56. The first kappa shape index (κ1) is 14.3. The zero-order valence-corrected chi connectivity index (χ0v) is 11.0. The summed E-state index contributed by atoms with van der Waals surface area (Å²) < 4.78 is 1.32. The van der Waals surface area contributed by atoms with Crippen LogP contribution in [0.5, 0.6) is 0 Å². The molecule has 0 saturated carbocycles. The van der Waals surface area contributed by atoms with Gasteiger partial charge in [-0.05, 0) is 12.0 Å². The van der Waals surface area contributed by atoms with E-state index in [4.69, 9.17) is 5.73 Å². The van der Waals surface area contributed by atoms with E-state index in [-0.39, 0.29) is 18.0 Å². The van der Waals surface area contributed by atoms with Gasteiger partial charge >= 0.3 is 0 Å². The maximum absolute atomic E-state index is 11.7. The number of carbonyl (C=O) groups is 1. The van der Waals surface area contributed by atoms with Crippen molar-refractivity contribution in [1.82, 2.24) is 9.88 Å². The second kappa shape index (κ2) is 6.83. The standard InChI is InChI=1S/C13H21N3O2/c1-3-10(4-2)7-15-12(17)9-16-8-11(14)5-6-13(16)18/h5-6,8,10H,3-4,7,9,14H2,1-2H3,(H,15,17). The molecule has 3 N–H and O–H groups in total. The average Bonchev–Trinajstić information content (AvgIpc) is 2.35. The topological polar surface area (TPSA) is 77.1 Å². The molecular formula is C13H21N3O2. The first-order valence-electron chi connectivity index (χ1n) is 6.29. The summed E-state index contributed by atoms with van der Waals surface area (Å²) in [7, 11) is 0. The van der Waals surface area contributed by atoms with E-state index in [1.807, 2.05) is 0 Å². The fraction of sp³-hybridized carbons (Fsp3) is 0.538. The number of hydrogen-bond donors (Lipinski definition) is 2. The van der Waals surface area contributed by atoms with Crippen LogP contribution >= 0.6 is 0 Å². The van der Waals surface area contributed by atoms with Crippen LogP contribution in [0.3, 0.4) is 0 Å². The Bertz CT molecular complexity index is 450. The van der Waals surface area contributed by atoms with Crippen LogP contribution in [0.1, 0.15) is 26.7 Å². The van der Waals surface area contributed by atoms with Crippen molar-refractivity contribution in [2.24, 2.45) is 5.92 Å². The lowest BCUT2D eigenvalue weighted by Crippen LogP contribution is -2.34. The lowest BCUT2D eigenvalue weighted by atomic mass is 10.0. The Morgan fingerprint density at radius 3 is 2.67 bits per heavy atom. The molecule has 0 unspecified atom stereocenters. The molecule has 1 aromatic rings. The molecule has 1 aromatic heterocycles. The normalized spacial score (nSPS) is 10.6. The van der Waals surface area contributed by atoms with Gasteiger partial charge in [0.15, 0.2) is 0 Å².